The quantitative estimate of drug-likeness (QED) is 0.312. The fourth-order valence-corrected chi connectivity index (χ4v) is 11.3. The normalized spacial score (nSPS) is 38.6. The molecule has 1 aliphatic heterocycles. The van der Waals surface area contributed by atoms with Crippen LogP contribution in [0.4, 0.5) is 14.5 Å². The molecule has 0 radical (unpaired) electrons. The summed E-state index contributed by atoms with van der Waals surface area (Å²) in [5.41, 5.74) is 10.0. The number of rotatable bonds is 3. The van der Waals surface area contributed by atoms with Gasteiger partial charge in [0.15, 0.2) is 0 Å². The van der Waals surface area contributed by atoms with Gasteiger partial charge in [-0.15, -0.1) is 0 Å². The van der Waals surface area contributed by atoms with Crippen LogP contribution in [-0.2, 0) is 0 Å². The third-order valence-corrected chi connectivity index (χ3v) is 13.4. The molecule has 0 N–H and O–H groups in total. The van der Waals surface area contributed by atoms with E-state index in [9.17, 15) is 8.78 Å². The van der Waals surface area contributed by atoms with E-state index in [1.165, 1.54) is 42.4 Å². The van der Waals surface area contributed by atoms with Crippen LogP contribution in [0.3, 0.4) is 0 Å². The summed E-state index contributed by atoms with van der Waals surface area (Å²) >= 11 is 0. The van der Waals surface area contributed by atoms with Crippen LogP contribution >= 0.6 is 0 Å². The van der Waals surface area contributed by atoms with E-state index in [-0.39, 0.29) is 17.5 Å². The first-order valence-electron chi connectivity index (χ1n) is 17.6. The first kappa shape index (κ1) is 28.1. The van der Waals surface area contributed by atoms with Gasteiger partial charge >= 0.3 is 0 Å². The highest BCUT2D eigenvalue weighted by molar-refractivity contribution is 5.58. The zero-order valence-electron chi connectivity index (χ0n) is 26.7. The van der Waals surface area contributed by atoms with Crippen LogP contribution in [0.25, 0.3) is 0 Å². The molecule has 1 aromatic carbocycles. The molecule has 9 atom stereocenters. The predicted octanol–water partition coefficient (Wildman–Crippen LogP) is 10.4. The molecular weight excluding hydrogens is 556 g/mol. The van der Waals surface area contributed by atoms with Gasteiger partial charge in [0.25, 0.3) is 0 Å². The van der Waals surface area contributed by atoms with Crippen LogP contribution in [0.5, 0.6) is 0 Å². The summed E-state index contributed by atoms with van der Waals surface area (Å²) in [6.45, 7) is 9.72. The maximum absolute atomic E-state index is 14.6. The number of nitrogens with zero attached hydrogens (tertiary/aromatic N) is 1. The number of fused-ring (bicyclic) bond motifs is 6. The van der Waals surface area contributed by atoms with Crippen LogP contribution in [0, 0.1) is 58.5 Å². The van der Waals surface area contributed by atoms with Crippen molar-refractivity contribution in [3.05, 3.63) is 125 Å². The van der Waals surface area contributed by atoms with Crippen molar-refractivity contribution in [2.75, 3.05) is 4.90 Å². The summed E-state index contributed by atoms with van der Waals surface area (Å²) < 4.78 is 29.2. The van der Waals surface area contributed by atoms with E-state index in [0.29, 0.717) is 35.3 Å². The zero-order chi connectivity index (χ0) is 30.6. The van der Waals surface area contributed by atoms with Gasteiger partial charge in [0, 0.05) is 29.6 Å². The maximum atomic E-state index is 14.6. The molecule has 0 bridgehead atoms. The lowest BCUT2D eigenvalue weighted by Crippen LogP contribution is -2.63. The van der Waals surface area contributed by atoms with E-state index >= 15 is 0 Å². The number of anilines is 1. The van der Waals surface area contributed by atoms with Gasteiger partial charge in [0.05, 0.1) is 6.04 Å². The topological polar surface area (TPSA) is 3.24 Å². The number of piperidine rings is 1. The highest BCUT2D eigenvalue weighted by Crippen LogP contribution is 2.63. The summed E-state index contributed by atoms with van der Waals surface area (Å²) in [7, 11) is 0. The minimum atomic E-state index is -0.490. The number of hydrogen-bond donors (Lipinski definition) is 0. The van der Waals surface area contributed by atoms with Gasteiger partial charge in [-0.25, -0.2) is 8.78 Å². The van der Waals surface area contributed by atoms with Gasteiger partial charge in [0.1, 0.15) is 11.6 Å². The SMILES string of the molecule is C=C1C2=C(CC3C=CC=CC3=C2)C2CC2C1CC1CCC2=C(C=CC3C2C(C)(C)C2CC=CCC2N3c2cc(F)cc(F)c2)C1. The molecule has 7 aliphatic carbocycles. The van der Waals surface area contributed by atoms with Crippen molar-refractivity contribution < 1.29 is 8.78 Å². The van der Waals surface area contributed by atoms with Crippen molar-refractivity contribution in [2.24, 2.45) is 46.8 Å². The molecule has 9 rings (SSSR count). The number of halogens is 2. The number of benzene rings is 1. The van der Waals surface area contributed by atoms with Gasteiger partial charge in [-0.2, -0.15) is 0 Å². The van der Waals surface area contributed by atoms with Gasteiger partial charge in [-0.1, -0.05) is 86.3 Å². The summed E-state index contributed by atoms with van der Waals surface area (Å²) in [6, 6.07) is 4.46. The molecule has 1 nitrogen and oxygen atoms in total. The first-order chi connectivity index (χ1) is 21.8. The Hall–Kier alpha value is -3.20. The Morgan fingerprint density at radius 3 is 2.62 bits per heavy atom. The third-order valence-electron chi connectivity index (χ3n) is 13.4. The second kappa shape index (κ2) is 10.1. The van der Waals surface area contributed by atoms with Gasteiger partial charge in [-0.05, 0) is 121 Å². The Morgan fingerprint density at radius 1 is 0.956 bits per heavy atom. The van der Waals surface area contributed by atoms with Gasteiger partial charge < -0.3 is 4.90 Å². The van der Waals surface area contributed by atoms with Gasteiger partial charge in [-0.3, -0.25) is 0 Å². The van der Waals surface area contributed by atoms with Crippen LogP contribution in [-0.4, -0.2) is 12.1 Å². The van der Waals surface area contributed by atoms with Crippen LogP contribution in [0.2, 0.25) is 0 Å². The monoisotopic (exact) mass is 601 g/mol. The first-order valence-corrected chi connectivity index (χ1v) is 17.6. The van der Waals surface area contributed by atoms with Crippen LogP contribution in [0.1, 0.15) is 65.2 Å². The van der Waals surface area contributed by atoms with E-state index in [2.05, 4.69) is 73.4 Å². The van der Waals surface area contributed by atoms with Crippen molar-refractivity contribution in [3.63, 3.8) is 0 Å². The Kier molecular flexibility index (Phi) is 6.33. The fraction of sp³-hybridized carbons (Fsp3) is 0.476. The molecule has 1 saturated heterocycles. The molecule has 0 aromatic heterocycles. The Morgan fingerprint density at radius 2 is 1.78 bits per heavy atom. The lowest BCUT2D eigenvalue weighted by atomic mass is 9.53. The molecule has 2 fully saturated rings. The maximum Gasteiger partial charge on any atom is 0.128 e. The molecule has 1 saturated carbocycles. The standard InChI is InChI=1S/C42H45F2N/c1-24-33(36-23-37(36)35-19-27-9-5-4-8-26(27)18-34(24)35)17-25-12-14-32-28(16-25)13-15-40-41(32)42(2,3)38-10-6-7-11-39(38)45(40)31-21-29(43)20-30(44)22-31/h4-9,13,15,18,20-22,25,27,33,36-41H,1,10-12,14,16-17,19,23H2,2-3H3. The summed E-state index contributed by atoms with van der Waals surface area (Å²) in [5, 5.41) is 0. The Labute approximate surface area is 267 Å². The highest BCUT2D eigenvalue weighted by atomic mass is 19.1. The summed E-state index contributed by atoms with van der Waals surface area (Å²) in [4.78, 5) is 2.40. The van der Waals surface area contributed by atoms with Crippen molar-refractivity contribution >= 4 is 5.69 Å². The van der Waals surface area contributed by atoms with Crippen molar-refractivity contribution in [1.29, 1.82) is 0 Å². The minimum absolute atomic E-state index is 0.0947. The second-order valence-corrected chi connectivity index (χ2v) is 16.0. The molecule has 9 unspecified atom stereocenters. The predicted molar refractivity (Wildman–Crippen MR) is 179 cm³/mol. The van der Waals surface area contributed by atoms with Gasteiger partial charge in [0.2, 0.25) is 0 Å². The van der Waals surface area contributed by atoms with E-state index in [4.69, 9.17) is 6.58 Å². The van der Waals surface area contributed by atoms with E-state index in [1.54, 1.807) is 28.9 Å². The molecule has 1 aromatic rings. The van der Waals surface area contributed by atoms with E-state index < -0.39 is 11.6 Å². The van der Waals surface area contributed by atoms with E-state index in [0.717, 1.165) is 43.6 Å². The number of hydrogen-bond acceptors (Lipinski definition) is 1. The third kappa shape index (κ3) is 4.35. The van der Waals surface area contributed by atoms with Crippen molar-refractivity contribution in [1.82, 2.24) is 0 Å². The Balaban J connectivity index is 0.994. The van der Waals surface area contributed by atoms with Crippen molar-refractivity contribution in [2.45, 2.75) is 77.3 Å². The average Bonchev–Trinajstić information content (AvgIpc) is 3.83. The second-order valence-electron chi connectivity index (χ2n) is 16.0. The highest BCUT2D eigenvalue weighted by Gasteiger charge is 2.56. The molecule has 0 amide bonds. The minimum Gasteiger partial charge on any atom is -0.361 e. The lowest BCUT2D eigenvalue weighted by molar-refractivity contribution is 0.0516. The van der Waals surface area contributed by atoms with E-state index in [1.807, 2.05) is 0 Å². The number of allylic oxidation sites excluding steroid dienone is 12. The van der Waals surface area contributed by atoms with Crippen LogP contribution in [0.15, 0.2) is 113 Å². The molecule has 0 spiro atoms. The largest absolute Gasteiger partial charge is 0.361 e. The molecule has 8 aliphatic rings. The molecule has 3 heteroatoms. The lowest BCUT2D eigenvalue weighted by Gasteiger charge is -2.61. The fourth-order valence-electron chi connectivity index (χ4n) is 11.3. The average molecular weight is 602 g/mol. The summed E-state index contributed by atoms with van der Waals surface area (Å²) in [6.07, 6.45) is 30.2. The molecule has 1 heterocycles. The molecule has 232 valence electrons. The van der Waals surface area contributed by atoms with Crippen LogP contribution < -0.4 is 4.90 Å². The molecule has 45 heavy (non-hydrogen) atoms. The molecular formula is C42H45F2N. The van der Waals surface area contributed by atoms with Crippen molar-refractivity contribution in [3.8, 4) is 0 Å². The zero-order valence-corrected chi connectivity index (χ0v) is 26.7. The summed E-state index contributed by atoms with van der Waals surface area (Å²) in [5.74, 6) is 3.23. The smallest absolute Gasteiger partial charge is 0.128 e. The Bertz CT molecular complexity index is 1670.